The van der Waals surface area contributed by atoms with Gasteiger partial charge in [0.25, 0.3) is 0 Å². The summed E-state index contributed by atoms with van der Waals surface area (Å²) in [6, 6.07) is 0. The average molecular weight is 174 g/mol. The molecule has 0 radical (unpaired) electrons. The van der Waals surface area contributed by atoms with Gasteiger partial charge in [-0.1, -0.05) is 0 Å². The Balaban J connectivity index is 3.31. The zero-order chi connectivity index (χ0) is 7.28. The zero-order valence-electron chi connectivity index (χ0n) is 4.23. The Kier molecular flexibility index (Phi) is 4.58. The molecule has 0 aliphatic rings. The summed E-state index contributed by atoms with van der Waals surface area (Å²) >= 11 is 0. The van der Waals surface area contributed by atoms with Gasteiger partial charge in [-0.2, -0.15) is 4.83 Å². The van der Waals surface area contributed by atoms with E-state index in [1.165, 1.54) is 0 Å². The zero-order valence-corrected chi connectivity index (χ0v) is 6.02. The Morgan fingerprint density at radius 2 is 1.67 bits per heavy atom. The van der Waals surface area contributed by atoms with E-state index in [2.05, 4.69) is 0 Å². The summed E-state index contributed by atoms with van der Waals surface area (Å²) in [6.07, 6.45) is 0. The quantitative estimate of drug-likeness (QED) is 0.272. The lowest BCUT2D eigenvalue weighted by Gasteiger charge is -1.90. The average Bonchev–Trinajstić information content (AvgIpc) is 1.63. The molecule has 0 amide bonds. The fourth-order valence-corrected chi connectivity index (χ4v) is 0.705. The van der Waals surface area contributed by atoms with E-state index in [9.17, 15) is 16.8 Å². The van der Waals surface area contributed by atoms with Crippen LogP contribution in [0.2, 0.25) is 0 Å². The lowest BCUT2D eigenvalue weighted by Crippen LogP contribution is -2.31. The Morgan fingerprint density at radius 3 is 2.00 bits per heavy atom. The predicted octanol–water partition coefficient (Wildman–Crippen LogP) is -2.82. The largest absolute Gasteiger partial charge is 0.230 e. The lowest BCUT2D eigenvalue weighted by molar-refractivity contribution is 0.581. The number of hydrazine groups is 1. The van der Waals surface area contributed by atoms with Crippen LogP contribution in [0.25, 0.3) is 0 Å². The number of thiol groups is 2. The highest BCUT2D eigenvalue weighted by atomic mass is 32.2. The molecule has 0 bridgehead atoms. The summed E-state index contributed by atoms with van der Waals surface area (Å²) < 4.78 is 38.7. The van der Waals surface area contributed by atoms with Gasteiger partial charge in [-0.25, -0.2) is 22.3 Å². The molecule has 56 valence electrons. The molecule has 0 aliphatic heterocycles. The second-order valence-corrected chi connectivity index (χ2v) is 2.76. The van der Waals surface area contributed by atoms with E-state index >= 15 is 0 Å². The van der Waals surface area contributed by atoms with Crippen molar-refractivity contribution in [2.75, 3.05) is 5.88 Å². The fraction of sp³-hybridized carbons (Fsp3) is 1.00. The molecule has 0 heterocycles. The van der Waals surface area contributed by atoms with Crippen molar-refractivity contribution in [2.45, 2.75) is 0 Å². The molecular formula is CH6N2O4S2. The number of hydrogen-bond donors (Lipinski definition) is 4. The Bertz CT molecular complexity index is 167. The monoisotopic (exact) mass is 174 g/mol. The molecule has 0 aromatic heterocycles. The minimum absolute atomic E-state index is 0.390. The Labute approximate surface area is 55.3 Å². The third-order valence-corrected chi connectivity index (χ3v) is 1.14. The molecule has 0 rings (SSSR count). The van der Waals surface area contributed by atoms with Crippen molar-refractivity contribution >= 4 is 21.6 Å². The summed E-state index contributed by atoms with van der Waals surface area (Å²) in [7, 11) is -5.33. The van der Waals surface area contributed by atoms with Gasteiger partial charge in [0, 0.05) is 0 Å². The molecular weight excluding hydrogens is 168 g/mol. The predicted molar refractivity (Wildman–Crippen MR) is 31.8 cm³/mol. The normalized spacial score (nSPS) is 10.9. The maximum Gasteiger partial charge on any atom is 0.214 e. The van der Waals surface area contributed by atoms with Gasteiger partial charge in [0.15, 0.2) is 10.7 Å². The SMILES string of the molecule is O=[SH](=O)CNN[SH](=O)=O. The summed E-state index contributed by atoms with van der Waals surface area (Å²) in [6.45, 7) is 0. The van der Waals surface area contributed by atoms with Crippen LogP contribution in [0.5, 0.6) is 0 Å². The summed E-state index contributed by atoms with van der Waals surface area (Å²) in [5.41, 5.74) is 1.94. The maximum absolute atomic E-state index is 9.72. The molecule has 2 N–H and O–H groups in total. The highest BCUT2D eigenvalue weighted by Gasteiger charge is 1.83. The van der Waals surface area contributed by atoms with Gasteiger partial charge < -0.3 is 0 Å². The molecule has 0 aromatic rings. The second-order valence-electron chi connectivity index (χ2n) is 1.04. The van der Waals surface area contributed by atoms with Crippen molar-refractivity contribution in [2.24, 2.45) is 0 Å². The van der Waals surface area contributed by atoms with E-state index < -0.39 is 27.5 Å². The van der Waals surface area contributed by atoms with Crippen molar-refractivity contribution in [1.82, 2.24) is 10.3 Å². The topological polar surface area (TPSA) is 92.3 Å². The standard InChI is InChI=1S/CH6N2O4S2/c4-8(5)1-2-3-9(6)7/h2,8-9H,1H2,(H,3,6,7). The van der Waals surface area contributed by atoms with Crippen LogP contribution in [0.3, 0.4) is 0 Å². The summed E-state index contributed by atoms with van der Waals surface area (Å²) in [4.78, 5) is 1.70. The molecule has 0 unspecified atom stereocenters. The van der Waals surface area contributed by atoms with Gasteiger partial charge in [-0.15, -0.1) is 0 Å². The van der Waals surface area contributed by atoms with E-state index in [-0.39, 0.29) is 0 Å². The fourth-order valence-electron chi connectivity index (χ4n) is 0.164. The van der Waals surface area contributed by atoms with Crippen LogP contribution in [0.4, 0.5) is 0 Å². The maximum atomic E-state index is 9.72. The number of hydrogen-bond acceptors (Lipinski definition) is 5. The molecule has 6 nitrogen and oxygen atoms in total. The first kappa shape index (κ1) is 8.82. The summed E-state index contributed by atoms with van der Waals surface area (Å²) in [5, 5.41) is 0. The first-order valence-electron chi connectivity index (χ1n) is 1.87. The van der Waals surface area contributed by atoms with Gasteiger partial charge >= 0.3 is 0 Å². The molecule has 0 spiro atoms. The van der Waals surface area contributed by atoms with Crippen LogP contribution in [-0.4, -0.2) is 22.7 Å². The molecule has 0 aliphatic carbocycles. The van der Waals surface area contributed by atoms with Crippen molar-refractivity contribution in [3.8, 4) is 0 Å². The highest BCUT2D eigenvalue weighted by molar-refractivity contribution is 7.72. The van der Waals surface area contributed by atoms with Crippen LogP contribution in [0, 0.1) is 0 Å². The third-order valence-electron chi connectivity index (χ3n) is 0.379. The third kappa shape index (κ3) is 7.82. The minimum atomic E-state index is -2.76. The molecule has 0 saturated carbocycles. The van der Waals surface area contributed by atoms with Crippen LogP contribution in [-0.2, 0) is 21.6 Å². The lowest BCUT2D eigenvalue weighted by atomic mass is 11.5. The van der Waals surface area contributed by atoms with Crippen LogP contribution < -0.4 is 10.3 Å². The van der Waals surface area contributed by atoms with Crippen LogP contribution in [0.15, 0.2) is 0 Å². The first-order chi connectivity index (χ1) is 4.13. The molecule has 8 heteroatoms. The first-order valence-corrected chi connectivity index (χ1v) is 4.41. The van der Waals surface area contributed by atoms with E-state index in [1.807, 2.05) is 5.43 Å². The minimum Gasteiger partial charge on any atom is -0.230 e. The number of rotatable bonds is 4. The molecule has 9 heavy (non-hydrogen) atoms. The number of nitrogens with one attached hydrogen (secondary N) is 2. The van der Waals surface area contributed by atoms with E-state index in [4.69, 9.17) is 0 Å². The molecule has 0 atom stereocenters. The highest BCUT2D eigenvalue weighted by Crippen LogP contribution is 1.53. The van der Waals surface area contributed by atoms with Gasteiger partial charge in [0.1, 0.15) is 5.88 Å². The van der Waals surface area contributed by atoms with Gasteiger partial charge in [0.2, 0.25) is 10.9 Å². The Hall–Kier alpha value is -0.180. The molecule has 0 aromatic carbocycles. The van der Waals surface area contributed by atoms with E-state index in [0.29, 0.717) is 0 Å². The summed E-state index contributed by atoms with van der Waals surface area (Å²) in [5.74, 6) is -0.390. The second kappa shape index (κ2) is 4.68. The van der Waals surface area contributed by atoms with Crippen molar-refractivity contribution in [3.63, 3.8) is 0 Å². The van der Waals surface area contributed by atoms with E-state index in [1.54, 1.807) is 4.83 Å². The van der Waals surface area contributed by atoms with Gasteiger partial charge in [0.05, 0.1) is 0 Å². The molecule has 0 fully saturated rings. The van der Waals surface area contributed by atoms with Crippen molar-refractivity contribution < 1.29 is 16.8 Å². The smallest absolute Gasteiger partial charge is 0.214 e. The van der Waals surface area contributed by atoms with Crippen LogP contribution in [0.1, 0.15) is 0 Å². The van der Waals surface area contributed by atoms with Crippen molar-refractivity contribution in [3.05, 3.63) is 0 Å². The van der Waals surface area contributed by atoms with Gasteiger partial charge in [-0.3, -0.25) is 0 Å². The molecule has 0 saturated heterocycles. The van der Waals surface area contributed by atoms with Crippen molar-refractivity contribution in [1.29, 1.82) is 0 Å². The van der Waals surface area contributed by atoms with Crippen LogP contribution >= 0.6 is 0 Å². The Morgan fingerprint density at radius 1 is 1.11 bits per heavy atom. The van der Waals surface area contributed by atoms with Gasteiger partial charge in [-0.05, 0) is 0 Å². The van der Waals surface area contributed by atoms with E-state index in [0.717, 1.165) is 0 Å².